The van der Waals surface area contributed by atoms with Crippen LogP contribution in [0.25, 0.3) is 78.7 Å². The van der Waals surface area contributed by atoms with Crippen LogP contribution in [0.5, 0.6) is 0 Å². The van der Waals surface area contributed by atoms with E-state index in [1.807, 2.05) is 6.07 Å². The van der Waals surface area contributed by atoms with E-state index in [2.05, 4.69) is 170 Å². The van der Waals surface area contributed by atoms with Crippen molar-refractivity contribution in [3.05, 3.63) is 187 Å². The molecule has 4 bridgehead atoms. The molecule has 0 aliphatic heterocycles. The van der Waals surface area contributed by atoms with Gasteiger partial charge in [-0.05, 0) is 136 Å². The third-order valence-corrected chi connectivity index (χ3v) is 14.1. The quantitative estimate of drug-likeness (QED) is 0.170. The molecule has 5 aliphatic carbocycles. The van der Waals surface area contributed by atoms with Crippen LogP contribution in [-0.4, -0.2) is 15.0 Å². The summed E-state index contributed by atoms with van der Waals surface area (Å²) in [6, 6.07) is 63.7. The van der Waals surface area contributed by atoms with Crippen molar-refractivity contribution in [3.8, 4) is 78.7 Å². The fourth-order valence-corrected chi connectivity index (χ4v) is 11.8. The summed E-state index contributed by atoms with van der Waals surface area (Å²) in [7, 11) is 0. The summed E-state index contributed by atoms with van der Waals surface area (Å²) in [5.74, 6) is 5.31. The molecule has 1 aromatic heterocycles. The highest BCUT2D eigenvalue weighted by atomic mass is 15.0. The molecule has 8 aromatic rings. The van der Waals surface area contributed by atoms with Crippen LogP contribution in [0.15, 0.2) is 176 Å². The molecule has 5 aliphatic rings. The van der Waals surface area contributed by atoms with Gasteiger partial charge in [0.05, 0.1) is 0 Å². The molecule has 278 valence electrons. The predicted octanol–water partition coefficient (Wildman–Crippen LogP) is 13.6. The van der Waals surface area contributed by atoms with Gasteiger partial charge < -0.3 is 0 Å². The number of benzene rings is 7. The van der Waals surface area contributed by atoms with Crippen LogP contribution in [0.3, 0.4) is 0 Å². The summed E-state index contributed by atoms with van der Waals surface area (Å²) in [6.07, 6.45) is 6.89. The Bertz CT molecular complexity index is 2740. The molecule has 0 saturated heterocycles. The number of nitrogens with zero attached hydrogens (tertiary/aromatic N) is 3. The Morgan fingerprint density at radius 1 is 0.310 bits per heavy atom. The van der Waals surface area contributed by atoms with E-state index in [0.717, 1.165) is 39.9 Å². The molecule has 1 spiro atoms. The van der Waals surface area contributed by atoms with Crippen LogP contribution < -0.4 is 0 Å². The van der Waals surface area contributed by atoms with Gasteiger partial charge in [0, 0.05) is 22.1 Å². The van der Waals surface area contributed by atoms with Gasteiger partial charge >= 0.3 is 0 Å². The van der Waals surface area contributed by atoms with Gasteiger partial charge in [-0.2, -0.15) is 0 Å². The molecular formula is C55H43N3. The highest BCUT2D eigenvalue weighted by Gasteiger charge is 2.61. The van der Waals surface area contributed by atoms with E-state index in [1.165, 1.54) is 76.6 Å². The van der Waals surface area contributed by atoms with E-state index >= 15 is 0 Å². The highest BCUT2D eigenvalue weighted by Crippen LogP contribution is 2.69. The molecule has 7 aromatic carbocycles. The van der Waals surface area contributed by atoms with E-state index in [4.69, 9.17) is 15.0 Å². The summed E-state index contributed by atoms with van der Waals surface area (Å²) >= 11 is 0. The zero-order chi connectivity index (χ0) is 38.2. The van der Waals surface area contributed by atoms with Gasteiger partial charge in [0.2, 0.25) is 0 Å². The van der Waals surface area contributed by atoms with Crippen molar-refractivity contribution in [2.45, 2.75) is 37.5 Å². The van der Waals surface area contributed by atoms with Gasteiger partial charge in [0.15, 0.2) is 17.5 Å². The van der Waals surface area contributed by atoms with Crippen molar-refractivity contribution < 1.29 is 0 Å². The molecule has 4 saturated carbocycles. The average molecular weight is 746 g/mol. The van der Waals surface area contributed by atoms with Crippen LogP contribution in [0.2, 0.25) is 0 Å². The first-order chi connectivity index (χ1) is 28.7. The van der Waals surface area contributed by atoms with Crippen LogP contribution in [0.4, 0.5) is 0 Å². The number of aromatic nitrogens is 3. The summed E-state index contributed by atoms with van der Waals surface area (Å²) in [6.45, 7) is 0. The van der Waals surface area contributed by atoms with Crippen LogP contribution in [0.1, 0.15) is 43.2 Å². The van der Waals surface area contributed by atoms with Crippen molar-refractivity contribution in [2.24, 2.45) is 23.7 Å². The van der Waals surface area contributed by atoms with Crippen LogP contribution >= 0.6 is 0 Å². The van der Waals surface area contributed by atoms with E-state index in [1.54, 1.807) is 5.56 Å². The predicted molar refractivity (Wildman–Crippen MR) is 236 cm³/mol. The first-order valence-electron chi connectivity index (χ1n) is 21.1. The minimum absolute atomic E-state index is 0.0848. The number of hydrogen-bond acceptors (Lipinski definition) is 3. The van der Waals surface area contributed by atoms with Crippen molar-refractivity contribution in [1.29, 1.82) is 0 Å². The minimum Gasteiger partial charge on any atom is -0.208 e. The van der Waals surface area contributed by atoms with Crippen molar-refractivity contribution in [1.82, 2.24) is 15.0 Å². The van der Waals surface area contributed by atoms with Crippen molar-refractivity contribution >= 4 is 0 Å². The lowest BCUT2D eigenvalue weighted by Gasteiger charge is -2.61. The maximum absolute atomic E-state index is 5.29. The second kappa shape index (κ2) is 13.3. The molecule has 0 amide bonds. The van der Waals surface area contributed by atoms with Gasteiger partial charge in [0.25, 0.3) is 0 Å². The summed E-state index contributed by atoms with van der Waals surface area (Å²) in [4.78, 5) is 15.6. The lowest BCUT2D eigenvalue weighted by molar-refractivity contribution is -0.0399. The Morgan fingerprint density at radius 2 is 0.707 bits per heavy atom. The number of hydrogen-bond donors (Lipinski definition) is 0. The Hall–Kier alpha value is -6.45. The van der Waals surface area contributed by atoms with Gasteiger partial charge in [-0.15, -0.1) is 0 Å². The molecule has 4 fully saturated rings. The molecule has 58 heavy (non-hydrogen) atoms. The third kappa shape index (κ3) is 5.36. The van der Waals surface area contributed by atoms with E-state index < -0.39 is 0 Å². The van der Waals surface area contributed by atoms with Gasteiger partial charge in [-0.3, -0.25) is 0 Å². The van der Waals surface area contributed by atoms with Gasteiger partial charge in [-0.1, -0.05) is 152 Å². The van der Waals surface area contributed by atoms with Crippen LogP contribution in [0, 0.1) is 23.7 Å². The van der Waals surface area contributed by atoms with Gasteiger partial charge in [-0.25, -0.2) is 15.0 Å². The fraction of sp³-hybridized carbons (Fsp3) is 0.182. The second-order valence-corrected chi connectivity index (χ2v) is 17.3. The van der Waals surface area contributed by atoms with E-state index in [9.17, 15) is 0 Å². The Balaban J connectivity index is 0.965. The molecule has 0 N–H and O–H groups in total. The molecule has 3 heteroatoms. The summed E-state index contributed by atoms with van der Waals surface area (Å²) in [5.41, 5.74) is 16.2. The largest absolute Gasteiger partial charge is 0.208 e. The summed E-state index contributed by atoms with van der Waals surface area (Å²) < 4.78 is 0. The zero-order valence-corrected chi connectivity index (χ0v) is 32.4. The standard InChI is InChI=1S/C55H43N3/c1-4-12-37(13-5-1)43-31-44(38-14-6-2-7-15-38)33-45(32-43)39-20-22-41(23-21-39)53-56-52(40-16-8-3-9-17-40)57-54(58-53)42-24-25-49-48-18-10-11-19-50(48)55(51(49)34-42)46-27-35-26-36(29-46)30-47(55)28-35/h1-25,31-36,46-47H,26-30H2. The highest BCUT2D eigenvalue weighted by molar-refractivity contribution is 5.85. The summed E-state index contributed by atoms with van der Waals surface area (Å²) in [5, 5.41) is 0. The smallest absolute Gasteiger partial charge is 0.164 e. The van der Waals surface area contributed by atoms with Crippen molar-refractivity contribution in [3.63, 3.8) is 0 Å². The molecule has 0 atom stereocenters. The Kier molecular flexibility index (Phi) is 7.73. The topological polar surface area (TPSA) is 38.7 Å². The lowest BCUT2D eigenvalue weighted by atomic mass is 9.43. The Labute approximate surface area is 340 Å². The molecular weight excluding hydrogens is 703 g/mol. The maximum atomic E-state index is 5.29. The van der Waals surface area contributed by atoms with Gasteiger partial charge in [0.1, 0.15) is 0 Å². The van der Waals surface area contributed by atoms with E-state index in [-0.39, 0.29) is 5.41 Å². The molecule has 0 radical (unpaired) electrons. The first-order valence-corrected chi connectivity index (χ1v) is 21.1. The monoisotopic (exact) mass is 745 g/mol. The SMILES string of the molecule is c1ccc(-c2cc(-c3ccccc3)cc(-c3ccc(-c4nc(-c5ccccc5)nc(-c5ccc6c(c5)C5(c7ccccc7-6)C6CC7CC(C6)CC5C7)n4)cc3)c2)cc1. The fourth-order valence-electron chi connectivity index (χ4n) is 11.8. The average Bonchev–Trinajstić information content (AvgIpc) is 3.58. The third-order valence-electron chi connectivity index (χ3n) is 14.1. The molecule has 0 unspecified atom stereocenters. The Morgan fingerprint density at radius 3 is 1.26 bits per heavy atom. The zero-order valence-electron chi connectivity index (χ0n) is 32.4. The lowest BCUT2D eigenvalue weighted by Crippen LogP contribution is -2.55. The molecule has 3 nitrogen and oxygen atoms in total. The second-order valence-electron chi connectivity index (χ2n) is 17.3. The molecule has 13 rings (SSSR count). The van der Waals surface area contributed by atoms with E-state index in [0.29, 0.717) is 23.5 Å². The maximum Gasteiger partial charge on any atom is 0.164 e. The normalized spacial score (nSPS) is 22.2. The number of fused-ring (bicyclic) bond motifs is 3. The van der Waals surface area contributed by atoms with Crippen molar-refractivity contribution in [2.75, 3.05) is 0 Å². The molecule has 1 heterocycles. The number of rotatable bonds is 6. The first kappa shape index (κ1) is 33.7. The van der Waals surface area contributed by atoms with Crippen LogP contribution in [-0.2, 0) is 5.41 Å². The minimum atomic E-state index is 0.0848.